The van der Waals surface area contributed by atoms with Crippen LogP contribution in [-0.2, 0) is 26.7 Å². The molecule has 0 spiro atoms. The van der Waals surface area contributed by atoms with Crippen LogP contribution in [-0.4, -0.2) is 37.3 Å². The van der Waals surface area contributed by atoms with Crippen molar-refractivity contribution in [1.29, 1.82) is 10.8 Å². The molecule has 0 amide bonds. The number of rotatable bonds is 8. The van der Waals surface area contributed by atoms with Crippen LogP contribution in [0, 0.1) is 24.6 Å². The Hall–Kier alpha value is -6.62. The van der Waals surface area contributed by atoms with E-state index < -0.39 is 31.7 Å². The lowest BCUT2D eigenvalue weighted by molar-refractivity contribution is 0.453. The van der Waals surface area contributed by atoms with Crippen LogP contribution in [0.5, 0.6) is 34.5 Å². The van der Waals surface area contributed by atoms with Crippen molar-refractivity contribution < 1.29 is 45.6 Å². The predicted octanol–water partition coefficient (Wildman–Crippen LogP) is 7.53. The number of phenols is 4. The topological polar surface area (TPSA) is 224 Å². The van der Waals surface area contributed by atoms with Crippen LogP contribution in [0.4, 0.5) is 11.4 Å². The number of fused-ring (bicyclic) bond motifs is 2. The van der Waals surface area contributed by atoms with E-state index in [1.807, 2.05) is 0 Å². The van der Waals surface area contributed by atoms with Gasteiger partial charge in [0.25, 0.3) is 0 Å². The molecule has 0 aliphatic rings. The molecule has 0 atom stereocenters. The summed E-state index contributed by atoms with van der Waals surface area (Å²) in [5.74, 6) is -1.96. The molecule has 0 bridgehead atoms. The van der Waals surface area contributed by atoms with Gasteiger partial charge < -0.3 is 28.8 Å². The lowest BCUT2D eigenvalue weighted by atomic mass is 9.95. The minimum absolute atomic E-state index is 0.0446. The van der Waals surface area contributed by atoms with Crippen LogP contribution in [0.3, 0.4) is 0 Å². The second kappa shape index (κ2) is 12.7. The van der Waals surface area contributed by atoms with Crippen molar-refractivity contribution in [3.05, 3.63) is 117 Å². The second-order valence-electron chi connectivity index (χ2n) is 11.5. The van der Waals surface area contributed by atoms with Crippen molar-refractivity contribution in [2.24, 2.45) is 0 Å². The maximum Gasteiger partial charge on any atom is 0.426 e. The third-order valence-corrected chi connectivity index (χ3v) is 10.9. The van der Waals surface area contributed by atoms with E-state index >= 15 is 0 Å². The molecule has 0 heterocycles. The van der Waals surface area contributed by atoms with Crippen LogP contribution in [0.1, 0.15) is 22.3 Å². The highest BCUT2D eigenvalue weighted by atomic mass is 32.2. The Morgan fingerprint density at radius 1 is 0.569 bits per heavy atom. The summed E-state index contributed by atoms with van der Waals surface area (Å²) < 4.78 is 64.0. The van der Waals surface area contributed by atoms with Crippen molar-refractivity contribution in [2.75, 3.05) is 0 Å². The molecule has 0 radical (unpaired) electrons. The molecule has 51 heavy (non-hydrogen) atoms. The van der Waals surface area contributed by atoms with Gasteiger partial charge in [0.15, 0.2) is 9.95 Å². The van der Waals surface area contributed by atoms with Crippen LogP contribution < -0.4 is 8.37 Å². The summed E-state index contributed by atoms with van der Waals surface area (Å²) in [5.41, 5.74) is 1.15. The van der Waals surface area contributed by atoms with E-state index in [9.17, 15) is 37.3 Å². The first kappa shape index (κ1) is 34.3. The predicted molar refractivity (Wildman–Crippen MR) is 185 cm³/mol. The first-order valence-corrected chi connectivity index (χ1v) is 17.7. The van der Waals surface area contributed by atoms with Gasteiger partial charge in [-0.05, 0) is 61.4 Å². The fourth-order valence-corrected chi connectivity index (χ4v) is 8.07. The summed E-state index contributed by atoms with van der Waals surface area (Å²) in [4.78, 5) is 5.39. The molecular formula is C35H26N4O10S2+2. The number of aromatic hydroxyl groups is 4. The first-order valence-electron chi connectivity index (χ1n) is 14.9. The summed E-state index contributed by atoms with van der Waals surface area (Å²) in [6.45, 7) is 3.20. The fraction of sp³-hybridized carbons (Fsp3) is 0.0857. The van der Waals surface area contributed by atoms with E-state index in [1.54, 1.807) is 13.8 Å². The molecule has 0 aliphatic heterocycles. The largest absolute Gasteiger partial charge is 0.508 e. The molecule has 0 aliphatic carbocycles. The Balaban J connectivity index is 1.26. The van der Waals surface area contributed by atoms with Gasteiger partial charge in [-0.15, -0.1) is 0 Å². The zero-order valence-corrected chi connectivity index (χ0v) is 28.3. The van der Waals surface area contributed by atoms with Gasteiger partial charge in [0.05, 0.1) is 0 Å². The molecule has 4 N–H and O–H groups in total. The molecule has 14 nitrogen and oxygen atoms in total. The smallest absolute Gasteiger partial charge is 0.426 e. The van der Waals surface area contributed by atoms with Gasteiger partial charge in [-0.2, -0.15) is 16.8 Å². The molecule has 16 heteroatoms. The van der Waals surface area contributed by atoms with Crippen LogP contribution in [0.2, 0.25) is 0 Å². The Bertz CT molecular complexity index is 2520. The maximum atomic E-state index is 13.3. The van der Waals surface area contributed by atoms with Crippen molar-refractivity contribution in [3.63, 3.8) is 0 Å². The lowest BCUT2D eigenvalue weighted by Gasteiger charge is -2.16. The zero-order chi connectivity index (χ0) is 36.8. The van der Waals surface area contributed by atoms with E-state index in [-0.39, 0.29) is 72.1 Å². The average Bonchev–Trinajstić information content (AvgIpc) is 3.07. The molecule has 0 unspecified atom stereocenters. The molecule has 6 rings (SSSR count). The Kier molecular flexibility index (Phi) is 8.52. The van der Waals surface area contributed by atoms with Gasteiger partial charge in [-0.3, -0.25) is 0 Å². The highest BCUT2D eigenvalue weighted by molar-refractivity contribution is 7.87. The first-order chi connectivity index (χ1) is 24.1. The van der Waals surface area contributed by atoms with Crippen LogP contribution in [0.25, 0.3) is 31.5 Å². The van der Waals surface area contributed by atoms with Crippen molar-refractivity contribution in [1.82, 2.24) is 0 Å². The van der Waals surface area contributed by atoms with Gasteiger partial charge >= 0.3 is 31.6 Å². The van der Waals surface area contributed by atoms with E-state index in [4.69, 9.17) is 19.2 Å². The Morgan fingerprint density at radius 2 is 0.961 bits per heavy atom. The number of aryl methyl sites for hydroxylation is 2. The van der Waals surface area contributed by atoms with E-state index in [0.717, 1.165) is 12.1 Å². The minimum Gasteiger partial charge on any atom is -0.508 e. The molecule has 0 saturated carbocycles. The number of nitrogens with zero attached hydrogens (tertiary/aromatic N) is 4. The third kappa shape index (κ3) is 6.21. The number of phenolic OH excluding ortho intramolecular Hbond substituents is 4. The quantitative estimate of drug-likeness (QED) is 0.0882. The molecule has 0 aromatic heterocycles. The maximum absolute atomic E-state index is 13.3. The summed E-state index contributed by atoms with van der Waals surface area (Å²) >= 11 is 0. The van der Waals surface area contributed by atoms with Gasteiger partial charge in [-0.25, -0.2) is 0 Å². The molecule has 0 fully saturated rings. The Morgan fingerprint density at radius 3 is 1.31 bits per heavy atom. The number of hydrogen-bond acceptors (Lipinski definition) is 12. The number of benzene rings is 6. The molecule has 0 saturated heterocycles. The highest BCUT2D eigenvalue weighted by Gasteiger charge is 2.27. The van der Waals surface area contributed by atoms with E-state index in [0.29, 0.717) is 22.3 Å². The summed E-state index contributed by atoms with van der Waals surface area (Å²) in [5, 5.41) is 61.3. The van der Waals surface area contributed by atoms with Gasteiger partial charge in [0, 0.05) is 63.4 Å². The molecular weight excluding hydrogens is 701 g/mol. The Labute approximate surface area is 290 Å². The standard InChI is InChI=1S/C35H24N4O10S2/c1-18-13-20(48-50(44,45)32-7-3-5-24-22(32)9-11-28(38-36)34(24)42)15-30(40)26(18)17-27-19(2)14-21(16-31(27)41)49-51(46,47)33-8-4-6-25-23(33)10-12-29(39-37)35(25)43/h3-16H,17H2,1-2H3,(H2-2,40,41,42,43)/p+2. The SMILES string of the molecule is Cc1cc(OS(=O)(=O)c2cccc3c(O)c([N+]#N)ccc23)cc(O)c1Cc1c(C)cc(OS(=O)(=O)c2cccc3c(O)c([N+]#N)ccc23)cc1O. The van der Waals surface area contributed by atoms with E-state index in [1.165, 1.54) is 72.8 Å². The van der Waals surface area contributed by atoms with Crippen molar-refractivity contribution >= 4 is 53.2 Å². The zero-order valence-electron chi connectivity index (χ0n) is 26.6. The summed E-state index contributed by atoms with van der Waals surface area (Å²) in [7, 11) is -8.99. The summed E-state index contributed by atoms with van der Waals surface area (Å²) in [6, 6.07) is 18.3. The van der Waals surface area contributed by atoms with Gasteiger partial charge in [0.1, 0.15) is 32.8 Å². The lowest BCUT2D eigenvalue weighted by Crippen LogP contribution is -2.11. The molecule has 6 aromatic carbocycles. The third-order valence-electron chi connectivity index (χ3n) is 8.31. The fourth-order valence-electron chi connectivity index (χ4n) is 5.81. The molecule has 256 valence electrons. The number of diazo groups is 2. The minimum atomic E-state index is -4.50. The molecule has 6 aromatic rings. The average molecular weight is 727 g/mol. The van der Waals surface area contributed by atoms with E-state index in [2.05, 4.69) is 9.95 Å². The van der Waals surface area contributed by atoms with Crippen molar-refractivity contribution in [3.8, 4) is 34.5 Å². The summed E-state index contributed by atoms with van der Waals surface area (Å²) in [6.07, 6.45) is -0.0446. The van der Waals surface area contributed by atoms with Crippen LogP contribution >= 0.6 is 0 Å². The second-order valence-corrected chi connectivity index (χ2v) is 14.5. The normalized spacial score (nSPS) is 11.6. The van der Waals surface area contributed by atoms with Crippen molar-refractivity contribution in [2.45, 2.75) is 30.1 Å². The van der Waals surface area contributed by atoms with Gasteiger partial charge in [-0.1, -0.05) is 24.3 Å². The number of hydrogen-bond donors (Lipinski definition) is 4. The van der Waals surface area contributed by atoms with Gasteiger partial charge in [0.2, 0.25) is 22.3 Å². The van der Waals surface area contributed by atoms with Crippen LogP contribution in [0.15, 0.2) is 94.7 Å². The highest BCUT2D eigenvalue weighted by Crippen LogP contribution is 2.41. The monoisotopic (exact) mass is 726 g/mol.